The van der Waals surface area contributed by atoms with Gasteiger partial charge >= 0.3 is 41.6 Å². The van der Waals surface area contributed by atoms with Gasteiger partial charge in [-0.1, -0.05) is 17.4 Å². The Hall–Kier alpha value is -2.63. The minimum Gasteiger partial charge on any atom is -0.548 e. The van der Waals surface area contributed by atoms with E-state index in [1.54, 1.807) is 26.0 Å². The summed E-state index contributed by atoms with van der Waals surface area (Å²) in [4.78, 5) is 69.4. The molecule has 4 heterocycles. The van der Waals surface area contributed by atoms with E-state index in [1.165, 1.54) is 22.7 Å². The average Bonchev–Trinajstić information content (AvgIpc) is 3.49. The van der Waals surface area contributed by atoms with Gasteiger partial charge in [0, 0.05) is 23.4 Å². The zero-order valence-electron chi connectivity index (χ0n) is 20.6. The molecule has 1 aromatic carbocycles. The quantitative estimate of drug-likeness (QED) is 0.131. The molecule has 3 fully saturated rings. The summed E-state index contributed by atoms with van der Waals surface area (Å²) < 4.78 is -0.256. The molecule has 17 heteroatoms. The van der Waals surface area contributed by atoms with Crippen LogP contribution in [0.2, 0.25) is 0 Å². The minimum atomic E-state index is -2.21. The first-order chi connectivity index (χ1) is 17.3. The number of urea groups is 2. The number of thiazole rings is 1. The number of anilines is 1. The van der Waals surface area contributed by atoms with Crippen LogP contribution in [0, 0.1) is 0 Å². The van der Waals surface area contributed by atoms with Gasteiger partial charge < -0.3 is 36.5 Å². The number of hydrogen-bond acceptors (Lipinski definition) is 11. The van der Waals surface area contributed by atoms with Gasteiger partial charge in [-0.05, 0) is 26.0 Å². The van der Waals surface area contributed by atoms with Gasteiger partial charge in [-0.25, -0.2) is 19.5 Å². The van der Waals surface area contributed by atoms with E-state index in [-0.39, 0.29) is 48.2 Å². The van der Waals surface area contributed by atoms with Gasteiger partial charge in [-0.3, -0.25) is 15.3 Å². The molecular weight excluding hydrogens is 547 g/mol. The molecule has 3 aliphatic rings. The fraction of sp³-hybridized carbons (Fsp3) is 0.429. The second kappa shape index (κ2) is 9.84. The summed E-state index contributed by atoms with van der Waals surface area (Å²) in [7, 11) is 0. The largest absolute Gasteiger partial charge is 1.00 e. The molecule has 0 spiro atoms. The maximum atomic E-state index is 13.6. The third-order valence-electron chi connectivity index (χ3n) is 6.58. The molecule has 2 aromatic rings. The first-order valence-electron chi connectivity index (χ1n) is 11.2. The summed E-state index contributed by atoms with van der Waals surface area (Å²) in [6.07, 6.45) is 0. The third-order valence-corrected chi connectivity index (χ3v) is 8.99. The smallest absolute Gasteiger partial charge is 0.548 e. The topological polar surface area (TPSA) is 216 Å². The number of carbonyl (C=O) groups excluding carboxylic acids is 5. The Morgan fingerprint density at radius 3 is 2.63 bits per heavy atom. The molecule has 7 N–H and O–H groups in total. The van der Waals surface area contributed by atoms with Crippen molar-refractivity contribution >= 4 is 68.3 Å². The number of β-lactam (4-membered cyclic amide) rings is 1. The normalized spacial score (nSPS) is 25.1. The van der Waals surface area contributed by atoms with Crippen LogP contribution in [-0.2, 0) is 20.0 Å². The Bertz CT molecular complexity index is 1370. The fourth-order valence-electron chi connectivity index (χ4n) is 4.73. The van der Waals surface area contributed by atoms with E-state index in [0.717, 1.165) is 16.2 Å². The van der Waals surface area contributed by atoms with Crippen molar-refractivity contribution in [2.75, 3.05) is 18.8 Å². The number of carboxylic acid groups (broad SMARTS) is 1. The number of nitrogens with zero attached hydrogens (tertiary/aromatic N) is 3. The van der Waals surface area contributed by atoms with Gasteiger partial charge in [-0.2, -0.15) is 0 Å². The van der Waals surface area contributed by atoms with Crippen molar-refractivity contribution in [3.63, 3.8) is 0 Å². The Balaban J connectivity index is 0.00000336. The molecule has 5 rings (SSSR count). The predicted octanol–water partition coefficient (Wildman–Crippen LogP) is -4.97. The van der Waals surface area contributed by atoms with E-state index in [9.17, 15) is 29.1 Å². The molecule has 1 unspecified atom stereocenters. The van der Waals surface area contributed by atoms with Crippen LogP contribution in [-0.4, -0.2) is 79.9 Å². The number of carboxylic acids is 1. The van der Waals surface area contributed by atoms with Gasteiger partial charge in [0.1, 0.15) is 11.4 Å². The summed E-state index contributed by atoms with van der Waals surface area (Å²) in [6.45, 7) is 3.66. The molecule has 14 nitrogen and oxygen atoms in total. The molecule has 196 valence electrons. The monoisotopic (exact) mass is 570 g/mol. The molecule has 1 aromatic heterocycles. The average molecular weight is 571 g/mol. The summed E-state index contributed by atoms with van der Waals surface area (Å²) >= 11 is 2.36. The molecule has 38 heavy (non-hydrogen) atoms. The molecular formula is C21H23N8NaO6S2. The number of fused-ring (bicyclic) bond motifs is 2. The van der Waals surface area contributed by atoms with E-state index >= 15 is 0 Å². The number of thioether (sulfide) groups is 1. The van der Waals surface area contributed by atoms with Crippen LogP contribution in [0.1, 0.15) is 19.4 Å². The van der Waals surface area contributed by atoms with Crippen LogP contribution in [0.15, 0.2) is 18.2 Å². The molecule has 4 atom stereocenters. The van der Waals surface area contributed by atoms with Crippen LogP contribution in [0.5, 0.6) is 0 Å². The van der Waals surface area contributed by atoms with Gasteiger partial charge in [0.25, 0.3) is 5.91 Å². The molecule has 0 saturated carbocycles. The number of nitrogens with two attached hydrogens (primary N) is 2. The number of aliphatic carboxylic acids is 1. The molecule has 0 aliphatic carbocycles. The first kappa shape index (κ1) is 28.4. The maximum Gasteiger partial charge on any atom is 1.00 e. The fourth-order valence-corrected chi connectivity index (χ4v) is 7.13. The Kier molecular flexibility index (Phi) is 7.35. The Labute approximate surface area is 246 Å². The summed E-state index contributed by atoms with van der Waals surface area (Å²) in [6, 6.07) is 0.802. The van der Waals surface area contributed by atoms with E-state index in [0.29, 0.717) is 15.3 Å². The number of benzene rings is 1. The van der Waals surface area contributed by atoms with Crippen molar-refractivity contribution in [1.82, 2.24) is 30.7 Å². The van der Waals surface area contributed by atoms with Gasteiger partial charge in [-0.15, -0.1) is 11.8 Å². The van der Waals surface area contributed by atoms with E-state index in [1.807, 2.05) is 0 Å². The van der Waals surface area contributed by atoms with Gasteiger partial charge in [0.2, 0.25) is 5.91 Å². The number of nitrogen functional groups attached to an aromatic ring is 1. The van der Waals surface area contributed by atoms with Crippen LogP contribution in [0.25, 0.3) is 10.2 Å². The molecule has 0 bridgehead atoms. The summed E-state index contributed by atoms with van der Waals surface area (Å²) in [5, 5.41) is 18.8. The van der Waals surface area contributed by atoms with Crippen molar-refractivity contribution < 1.29 is 58.6 Å². The van der Waals surface area contributed by atoms with Crippen molar-refractivity contribution in [3.8, 4) is 0 Å². The number of hydrogen-bond donors (Lipinski definition) is 5. The van der Waals surface area contributed by atoms with Crippen molar-refractivity contribution in [2.45, 2.75) is 41.7 Å². The van der Waals surface area contributed by atoms with Crippen molar-refractivity contribution in [3.05, 3.63) is 23.8 Å². The molecule has 6 amide bonds. The summed E-state index contributed by atoms with van der Waals surface area (Å²) in [5.41, 5.74) is 10.8. The standard InChI is InChI=1S/C21H24N8O6S2.Na/c1-20(2)12(15(31)32)29-13(30)11(14(29)37-20)26-16(33)21(23,27-19(35)28-6-5-24-18(28)34)8-3-4-9-10(7-8)36-17(22)25-9;/h3-4,7,11-12,14H,5-6,23H2,1-2H3,(H2,22,25)(H,24,34)(H,26,33)(H,27,35)(H,31,32);/q;+1/p-1/t11-,12+,14-,21?;/m1./s1. The predicted molar refractivity (Wildman–Crippen MR) is 132 cm³/mol. The first-order valence-corrected chi connectivity index (χ1v) is 12.9. The van der Waals surface area contributed by atoms with E-state index in [4.69, 9.17) is 11.5 Å². The van der Waals surface area contributed by atoms with Crippen LogP contribution in [0.3, 0.4) is 0 Å². The number of amides is 6. The van der Waals surface area contributed by atoms with E-state index in [2.05, 4.69) is 20.9 Å². The van der Waals surface area contributed by atoms with Crippen LogP contribution in [0.4, 0.5) is 14.7 Å². The Morgan fingerprint density at radius 1 is 1.29 bits per heavy atom. The molecule has 0 radical (unpaired) electrons. The minimum absolute atomic E-state index is 0. The zero-order valence-corrected chi connectivity index (χ0v) is 24.3. The Morgan fingerprint density at radius 2 is 2.00 bits per heavy atom. The second-order valence-electron chi connectivity index (χ2n) is 9.39. The molecule has 3 saturated heterocycles. The zero-order chi connectivity index (χ0) is 26.9. The number of imide groups is 1. The molecule has 3 aliphatic heterocycles. The van der Waals surface area contributed by atoms with Crippen molar-refractivity contribution in [2.24, 2.45) is 5.73 Å². The number of nitrogens with one attached hydrogen (secondary N) is 3. The van der Waals surface area contributed by atoms with Gasteiger partial charge in [0.15, 0.2) is 10.8 Å². The second-order valence-corrected chi connectivity index (χ2v) is 12.2. The van der Waals surface area contributed by atoms with Crippen molar-refractivity contribution in [1.29, 1.82) is 0 Å². The number of carbonyl (C=O) groups is 5. The van der Waals surface area contributed by atoms with Crippen LogP contribution >= 0.6 is 23.1 Å². The SMILES string of the molecule is CC1(C)S[C@@H]2[C@H](NC(=O)C(N)(NC(=O)N3CCNC3=O)c3ccc4nc(N)sc4c3)C(=O)N2[C@H]1C(=O)[O-].[Na+]. The van der Waals surface area contributed by atoms with E-state index < -0.39 is 57.7 Å². The summed E-state index contributed by atoms with van der Waals surface area (Å²) in [5.74, 6) is -2.92. The maximum absolute atomic E-state index is 13.6. The van der Waals surface area contributed by atoms with Crippen LogP contribution < -0.4 is 62.1 Å². The third kappa shape index (κ3) is 4.48. The number of aromatic nitrogens is 1. The van der Waals surface area contributed by atoms with Gasteiger partial charge in [0.05, 0.1) is 22.2 Å². The number of rotatable bonds is 5.